The van der Waals surface area contributed by atoms with Crippen molar-refractivity contribution in [2.24, 2.45) is 0 Å². The first-order chi connectivity index (χ1) is 14.7. The Kier molecular flexibility index (Phi) is 5.44. The molecule has 0 saturated carbocycles. The zero-order chi connectivity index (χ0) is 20.9. The molecule has 0 aliphatic carbocycles. The van der Waals surface area contributed by atoms with Gasteiger partial charge in [-0.3, -0.25) is 0 Å². The molecular weight excluding hydrogens is 383 g/mol. The van der Waals surface area contributed by atoms with E-state index >= 15 is 0 Å². The standard InChI is InChI=1S/C22H17FN6O/c1-2-30-21-19-20(25-13-18(27-19)17-6-4-3-5-15(17)11-24)28-22(29-21)26-12-14-7-9-16(23)10-8-14/h3-10,13H,2,12H2,1H3,(H,25,26,28,29). The summed E-state index contributed by atoms with van der Waals surface area (Å²) in [5.41, 5.74) is 3.38. The molecule has 0 unspecified atom stereocenters. The van der Waals surface area contributed by atoms with E-state index in [2.05, 4.69) is 31.3 Å². The average molecular weight is 400 g/mol. The van der Waals surface area contributed by atoms with Crippen molar-refractivity contribution in [3.63, 3.8) is 0 Å². The van der Waals surface area contributed by atoms with Gasteiger partial charge in [-0.15, -0.1) is 0 Å². The molecule has 0 aliphatic heterocycles. The Hall–Kier alpha value is -4.12. The minimum Gasteiger partial charge on any atom is -0.476 e. The minimum absolute atomic E-state index is 0.289. The molecule has 30 heavy (non-hydrogen) atoms. The second-order valence-corrected chi connectivity index (χ2v) is 6.35. The zero-order valence-electron chi connectivity index (χ0n) is 16.1. The van der Waals surface area contributed by atoms with Gasteiger partial charge in [0.15, 0.2) is 11.2 Å². The lowest BCUT2D eigenvalue weighted by Gasteiger charge is -2.11. The van der Waals surface area contributed by atoms with Crippen molar-refractivity contribution < 1.29 is 9.13 Å². The maximum atomic E-state index is 13.1. The van der Waals surface area contributed by atoms with Crippen LogP contribution < -0.4 is 10.1 Å². The van der Waals surface area contributed by atoms with Crippen molar-refractivity contribution >= 4 is 17.1 Å². The van der Waals surface area contributed by atoms with E-state index in [-0.39, 0.29) is 5.82 Å². The normalized spacial score (nSPS) is 10.6. The van der Waals surface area contributed by atoms with Crippen molar-refractivity contribution in [2.75, 3.05) is 11.9 Å². The summed E-state index contributed by atoms with van der Waals surface area (Å²) in [6.07, 6.45) is 1.57. The lowest BCUT2D eigenvalue weighted by molar-refractivity contribution is 0.330. The molecule has 1 N–H and O–H groups in total. The van der Waals surface area contributed by atoms with Crippen LogP contribution in [0.5, 0.6) is 5.88 Å². The molecule has 2 aromatic carbocycles. The van der Waals surface area contributed by atoms with E-state index in [1.165, 1.54) is 12.1 Å². The third-order valence-corrected chi connectivity index (χ3v) is 4.34. The first-order valence-electron chi connectivity index (χ1n) is 9.33. The van der Waals surface area contributed by atoms with Crippen molar-refractivity contribution in [1.82, 2.24) is 19.9 Å². The van der Waals surface area contributed by atoms with Crippen LogP contribution in [0.3, 0.4) is 0 Å². The Labute approximate surface area is 172 Å². The summed E-state index contributed by atoms with van der Waals surface area (Å²) < 4.78 is 18.7. The summed E-state index contributed by atoms with van der Waals surface area (Å²) in [7, 11) is 0. The van der Waals surface area contributed by atoms with E-state index in [4.69, 9.17) is 4.74 Å². The lowest BCUT2D eigenvalue weighted by atomic mass is 10.1. The smallest absolute Gasteiger partial charge is 0.247 e. The quantitative estimate of drug-likeness (QED) is 0.520. The van der Waals surface area contributed by atoms with E-state index in [1.807, 2.05) is 19.1 Å². The van der Waals surface area contributed by atoms with E-state index in [0.29, 0.717) is 53.0 Å². The largest absolute Gasteiger partial charge is 0.476 e. The molecule has 0 radical (unpaired) electrons. The minimum atomic E-state index is -0.289. The SMILES string of the molecule is CCOc1nc(NCc2ccc(F)cc2)nc2ncc(-c3ccccc3C#N)nc12. The monoisotopic (exact) mass is 400 g/mol. The Morgan fingerprint density at radius 3 is 2.63 bits per heavy atom. The van der Waals surface area contributed by atoms with Crippen molar-refractivity contribution in [3.05, 3.63) is 71.7 Å². The van der Waals surface area contributed by atoms with Gasteiger partial charge in [-0.25, -0.2) is 14.4 Å². The average Bonchev–Trinajstić information content (AvgIpc) is 2.78. The van der Waals surface area contributed by atoms with Gasteiger partial charge in [0.25, 0.3) is 0 Å². The number of aromatic nitrogens is 4. The first-order valence-corrected chi connectivity index (χ1v) is 9.33. The highest BCUT2D eigenvalue weighted by molar-refractivity contribution is 5.80. The number of benzene rings is 2. The van der Waals surface area contributed by atoms with Gasteiger partial charge in [0, 0.05) is 12.1 Å². The molecule has 0 aliphatic rings. The highest BCUT2D eigenvalue weighted by Crippen LogP contribution is 2.26. The van der Waals surface area contributed by atoms with Gasteiger partial charge >= 0.3 is 0 Å². The topological polar surface area (TPSA) is 96.6 Å². The summed E-state index contributed by atoms with van der Waals surface area (Å²) in [6.45, 7) is 2.66. The molecule has 0 bridgehead atoms. The van der Waals surface area contributed by atoms with E-state index < -0.39 is 0 Å². The van der Waals surface area contributed by atoms with Gasteiger partial charge < -0.3 is 10.1 Å². The number of rotatable bonds is 6. The molecule has 7 nitrogen and oxygen atoms in total. The fraction of sp³-hybridized carbons (Fsp3) is 0.136. The van der Waals surface area contributed by atoms with Crippen LogP contribution in [0.15, 0.2) is 54.7 Å². The van der Waals surface area contributed by atoms with Crippen LogP contribution in [0.2, 0.25) is 0 Å². The number of hydrogen-bond donors (Lipinski definition) is 1. The van der Waals surface area contributed by atoms with Crippen LogP contribution in [-0.2, 0) is 6.54 Å². The predicted octanol–water partition coefficient (Wildman–Crippen LogP) is 4.11. The molecule has 0 atom stereocenters. The highest BCUT2D eigenvalue weighted by Gasteiger charge is 2.14. The maximum absolute atomic E-state index is 13.1. The van der Waals surface area contributed by atoms with Crippen LogP contribution in [-0.4, -0.2) is 26.5 Å². The number of ether oxygens (including phenoxy) is 1. The van der Waals surface area contributed by atoms with Gasteiger partial charge in [-0.1, -0.05) is 30.3 Å². The van der Waals surface area contributed by atoms with Crippen molar-refractivity contribution in [1.29, 1.82) is 5.26 Å². The molecular formula is C22H17FN6O. The maximum Gasteiger partial charge on any atom is 0.247 e. The summed E-state index contributed by atoms with van der Waals surface area (Å²) in [6, 6.07) is 15.5. The van der Waals surface area contributed by atoms with Gasteiger partial charge in [-0.2, -0.15) is 15.2 Å². The third kappa shape index (κ3) is 4.00. The van der Waals surface area contributed by atoms with E-state index in [9.17, 15) is 9.65 Å². The summed E-state index contributed by atoms with van der Waals surface area (Å²) >= 11 is 0. The van der Waals surface area contributed by atoms with Crippen molar-refractivity contribution in [3.8, 4) is 23.2 Å². The predicted molar refractivity (Wildman–Crippen MR) is 110 cm³/mol. The van der Waals surface area contributed by atoms with Crippen LogP contribution in [0.25, 0.3) is 22.4 Å². The summed E-state index contributed by atoms with van der Waals surface area (Å²) in [5.74, 6) is 0.339. The van der Waals surface area contributed by atoms with Gasteiger partial charge in [0.05, 0.1) is 30.1 Å². The third-order valence-electron chi connectivity index (χ3n) is 4.34. The fourth-order valence-electron chi connectivity index (χ4n) is 2.92. The molecule has 0 fully saturated rings. The molecule has 0 amide bonds. The number of anilines is 1. The number of halogens is 1. The van der Waals surface area contributed by atoms with Crippen LogP contribution >= 0.6 is 0 Å². The second kappa shape index (κ2) is 8.49. The first kappa shape index (κ1) is 19.2. The molecule has 2 heterocycles. The Bertz CT molecular complexity index is 1240. The van der Waals surface area contributed by atoms with Crippen LogP contribution in [0.4, 0.5) is 10.3 Å². The summed E-state index contributed by atoms with van der Waals surface area (Å²) in [4.78, 5) is 17.8. The number of fused-ring (bicyclic) bond motifs is 1. The van der Waals surface area contributed by atoms with E-state index in [1.54, 1.807) is 30.5 Å². The lowest BCUT2D eigenvalue weighted by Crippen LogP contribution is -2.07. The Balaban J connectivity index is 1.70. The second-order valence-electron chi connectivity index (χ2n) is 6.35. The fourth-order valence-corrected chi connectivity index (χ4v) is 2.92. The number of nitrogens with zero attached hydrogens (tertiary/aromatic N) is 5. The van der Waals surface area contributed by atoms with Crippen molar-refractivity contribution in [2.45, 2.75) is 13.5 Å². The molecule has 0 saturated heterocycles. The zero-order valence-corrected chi connectivity index (χ0v) is 16.1. The molecule has 4 rings (SSSR count). The molecule has 148 valence electrons. The summed E-state index contributed by atoms with van der Waals surface area (Å²) in [5, 5.41) is 12.5. The highest BCUT2D eigenvalue weighted by atomic mass is 19.1. The van der Waals surface area contributed by atoms with Crippen LogP contribution in [0.1, 0.15) is 18.1 Å². The van der Waals surface area contributed by atoms with Gasteiger partial charge in [0.2, 0.25) is 11.8 Å². The van der Waals surface area contributed by atoms with E-state index in [0.717, 1.165) is 5.56 Å². The van der Waals surface area contributed by atoms with Gasteiger partial charge in [0.1, 0.15) is 5.82 Å². The Morgan fingerprint density at radius 2 is 1.87 bits per heavy atom. The number of nitriles is 1. The molecule has 0 spiro atoms. The molecule has 4 aromatic rings. The number of hydrogen-bond acceptors (Lipinski definition) is 7. The Morgan fingerprint density at radius 1 is 1.07 bits per heavy atom. The molecule has 8 heteroatoms. The number of nitrogens with one attached hydrogen (secondary N) is 1. The van der Waals surface area contributed by atoms with Crippen LogP contribution in [0, 0.1) is 17.1 Å². The van der Waals surface area contributed by atoms with Gasteiger partial charge in [-0.05, 0) is 30.7 Å². The molecule has 2 aromatic heterocycles.